The molecule has 112 valence electrons. The van der Waals surface area contributed by atoms with Gasteiger partial charge in [-0.2, -0.15) is 0 Å². The van der Waals surface area contributed by atoms with E-state index in [0.29, 0.717) is 12.0 Å². The van der Waals surface area contributed by atoms with Crippen molar-refractivity contribution in [3.63, 3.8) is 0 Å². The van der Waals surface area contributed by atoms with E-state index < -0.39 is 0 Å². The maximum absolute atomic E-state index is 6.10. The molecule has 0 saturated carbocycles. The molecule has 1 aliphatic carbocycles. The lowest BCUT2D eigenvalue weighted by Gasteiger charge is -2.35. The summed E-state index contributed by atoms with van der Waals surface area (Å²) in [6, 6.07) is 8.39. The number of hydrogen-bond acceptors (Lipinski definition) is 2. The molecule has 1 atom stereocenters. The average molecular weight is 283 g/mol. The van der Waals surface area contributed by atoms with Crippen molar-refractivity contribution >= 4 is 0 Å². The van der Waals surface area contributed by atoms with Crippen LogP contribution in [0.25, 0.3) is 0 Å². The van der Waals surface area contributed by atoms with Gasteiger partial charge >= 0.3 is 0 Å². The fourth-order valence-electron chi connectivity index (χ4n) is 2.99. The van der Waals surface area contributed by atoms with E-state index in [9.17, 15) is 0 Å². The van der Waals surface area contributed by atoms with E-state index in [4.69, 9.17) is 4.74 Å². The Morgan fingerprint density at radius 1 is 1.10 bits per heavy atom. The first kappa shape index (κ1) is 14.2. The van der Waals surface area contributed by atoms with E-state index in [1.165, 1.54) is 17.7 Å². The van der Waals surface area contributed by atoms with E-state index in [-0.39, 0.29) is 0 Å². The number of aryl methyl sites for hydroxylation is 1. The van der Waals surface area contributed by atoms with Crippen molar-refractivity contribution in [3.8, 4) is 5.75 Å². The van der Waals surface area contributed by atoms with Crippen LogP contribution in [0.4, 0.5) is 0 Å². The van der Waals surface area contributed by atoms with E-state index >= 15 is 0 Å². The Balaban J connectivity index is 1.51. The zero-order valence-electron chi connectivity index (χ0n) is 13.1. The summed E-state index contributed by atoms with van der Waals surface area (Å²) in [6.45, 7) is 6.57. The monoisotopic (exact) mass is 283 g/mol. The van der Waals surface area contributed by atoms with Crippen molar-refractivity contribution in [1.29, 1.82) is 0 Å². The number of rotatable bonds is 3. The van der Waals surface area contributed by atoms with Gasteiger partial charge in [0, 0.05) is 31.6 Å². The Hall–Kier alpha value is -1.70. The quantitative estimate of drug-likeness (QED) is 0.819. The lowest BCUT2D eigenvalue weighted by atomic mass is 9.99. The molecule has 0 bridgehead atoms. The minimum absolute atomic E-state index is 0.357. The average Bonchev–Trinajstić information content (AvgIpc) is 2.51. The Kier molecular flexibility index (Phi) is 4.33. The van der Waals surface area contributed by atoms with Gasteiger partial charge in [-0.3, -0.25) is 0 Å². The minimum Gasteiger partial charge on any atom is -0.490 e. The first-order valence-corrected chi connectivity index (χ1v) is 8.07. The summed E-state index contributed by atoms with van der Waals surface area (Å²) in [7, 11) is 0. The van der Waals surface area contributed by atoms with E-state index in [0.717, 1.165) is 31.7 Å². The zero-order valence-corrected chi connectivity index (χ0v) is 13.1. The second kappa shape index (κ2) is 6.38. The number of ether oxygens (including phenoxy) is 1. The summed E-state index contributed by atoms with van der Waals surface area (Å²) >= 11 is 0. The topological polar surface area (TPSA) is 12.5 Å². The molecule has 1 heterocycles. The van der Waals surface area contributed by atoms with Crippen molar-refractivity contribution in [1.82, 2.24) is 4.90 Å². The highest BCUT2D eigenvalue weighted by molar-refractivity contribution is 5.27. The molecule has 3 rings (SSSR count). The molecule has 21 heavy (non-hydrogen) atoms. The van der Waals surface area contributed by atoms with Crippen LogP contribution in [0.1, 0.15) is 31.7 Å². The number of likely N-dealkylation sites (tertiary alicyclic amines) is 1. The van der Waals surface area contributed by atoms with Crippen LogP contribution in [0.2, 0.25) is 0 Å². The third kappa shape index (κ3) is 3.69. The summed E-state index contributed by atoms with van der Waals surface area (Å²) in [5.74, 6) is 1.70. The SMILES string of the molecule is Cc1ccc(OC2CCN(C3=CCC(C)C=C3)CC2)cc1. The molecule has 1 aromatic carbocycles. The molecule has 2 nitrogen and oxygen atoms in total. The fraction of sp³-hybridized carbons (Fsp3) is 0.474. The highest BCUT2D eigenvalue weighted by Gasteiger charge is 2.22. The van der Waals surface area contributed by atoms with Crippen LogP contribution in [0.15, 0.2) is 48.2 Å². The maximum atomic E-state index is 6.10. The van der Waals surface area contributed by atoms with Crippen LogP contribution in [-0.4, -0.2) is 24.1 Å². The second-order valence-corrected chi connectivity index (χ2v) is 6.32. The number of hydrogen-bond donors (Lipinski definition) is 0. The molecular weight excluding hydrogens is 258 g/mol. The molecule has 0 amide bonds. The predicted octanol–water partition coefficient (Wildman–Crippen LogP) is 4.32. The largest absolute Gasteiger partial charge is 0.490 e. The van der Waals surface area contributed by atoms with Crippen LogP contribution < -0.4 is 4.74 Å². The van der Waals surface area contributed by atoms with Gasteiger partial charge < -0.3 is 9.64 Å². The second-order valence-electron chi connectivity index (χ2n) is 6.32. The molecule has 1 aliphatic heterocycles. The summed E-state index contributed by atoms with van der Waals surface area (Å²) in [5.41, 5.74) is 2.68. The van der Waals surface area contributed by atoms with E-state index in [1.807, 2.05) is 0 Å². The Labute approximate surface area is 128 Å². The van der Waals surface area contributed by atoms with Crippen molar-refractivity contribution in [3.05, 3.63) is 53.8 Å². The van der Waals surface area contributed by atoms with Gasteiger partial charge in [-0.15, -0.1) is 0 Å². The van der Waals surface area contributed by atoms with Crippen LogP contribution >= 0.6 is 0 Å². The molecule has 1 saturated heterocycles. The summed E-state index contributed by atoms with van der Waals surface area (Å²) in [6.07, 6.45) is 10.7. The fourth-order valence-corrected chi connectivity index (χ4v) is 2.99. The highest BCUT2D eigenvalue weighted by atomic mass is 16.5. The molecule has 1 unspecified atom stereocenters. The normalized spacial score (nSPS) is 23.0. The van der Waals surface area contributed by atoms with Gasteiger partial charge in [0.15, 0.2) is 0 Å². The Bertz CT molecular complexity index is 521. The molecule has 0 spiro atoms. The van der Waals surface area contributed by atoms with Gasteiger partial charge in [0.05, 0.1) is 0 Å². The van der Waals surface area contributed by atoms with Crippen LogP contribution in [0.3, 0.4) is 0 Å². The Morgan fingerprint density at radius 2 is 1.81 bits per heavy atom. The first-order valence-electron chi connectivity index (χ1n) is 8.07. The smallest absolute Gasteiger partial charge is 0.119 e. The third-order valence-corrected chi connectivity index (χ3v) is 4.43. The summed E-state index contributed by atoms with van der Waals surface area (Å²) in [5, 5.41) is 0. The molecule has 2 heteroatoms. The van der Waals surface area contributed by atoms with E-state index in [1.54, 1.807) is 0 Å². The molecule has 0 radical (unpaired) electrons. The van der Waals surface area contributed by atoms with Gasteiger partial charge in [0.2, 0.25) is 0 Å². The molecule has 1 aromatic rings. The van der Waals surface area contributed by atoms with Gasteiger partial charge in [0.25, 0.3) is 0 Å². The van der Waals surface area contributed by atoms with Crippen molar-refractivity contribution in [2.45, 2.75) is 39.2 Å². The maximum Gasteiger partial charge on any atom is 0.119 e. The standard InChI is InChI=1S/C19H25NO/c1-15-3-7-17(8-4-15)20-13-11-19(12-14-20)21-18-9-5-16(2)6-10-18/h3,5-10,15,19H,4,11-14H2,1-2H3. The molecular formula is C19H25NO. The molecule has 2 aliphatic rings. The lowest BCUT2D eigenvalue weighted by molar-refractivity contribution is 0.119. The van der Waals surface area contributed by atoms with Crippen molar-refractivity contribution in [2.75, 3.05) is 13.1 Å². The van der Waals surface area contributed by atoms with Crippen molar-refractivity contribution < 1.29 is 4.74 Å². The van der Waals surface area contributed by atoms with Gasteiger partial charge in [-0.1, -0.05) is 36.8 Å². The third-order valence-electron chi connectivity index (χ3n) is 4.43. The number of piperidine rings is 1. The van der Waals surface area contributed by atoms with Gasteiger partial charge in [0.1, 0.15) is 11.9 Å². The highest BCUT2D eigenvalue weighted by Crippen LogP contribution is 2.24. The molecule has 0 N–H and O–H groups in total. The lowest BCUT2D eigenvalue weighted by Crippen LogP contribution is -2.37. The van der Waals surface area contributed by atoms with Crippen LogP contribution in [0, 0.1) is 12.8 Å². The summed E-state index contributed by atoms with van der Waals surface area (Å²) < 4.78 is 6.10. The molecule has 1 fully saturated rings. The zero-order chi connectivity index (χ0) is 14.7. The number of nitrogens with zero attached hydrogens (tertiary/aromatic N) is 1. The van der Waals surface area contributed by atoms with E-state index in [2.05, 4.69) is 61.2 Å². The first-order chi connectivity index (χ1) is 10.2. The molecule has 0 aromatic heterocycles. The summed E-state index contributed by atoms with van der Waals surface area (Å²) in [4.78, 5) is 2.50. The number of allylic oxidation sites excluding steroid dienone is 3. The van der Waals surface area contributed by atoms with Crippen LogP contribution in [-0.2, 0) is 0 Å². The Morgan fingerprint density at radius 3 is 2.43 bits per heavy atom. The minimum atomic E-state index is 0.357. The van der Waals surface area contributed by atoms with Crippen LogP contribution in [0.5, 0.6) is 5.75 Å². The van der Waals surface area contributed by atoms with Crippen molar-refractivity contribution in [2.24, 2.45) is 5.92 Å². The van der Waals surface area contributed by atoms with Gasteiger partial charge in [-0.25, -0.2) is 0 Å². The number of benzene rings is 1. The van der Waals surface area contributed by atoms with Gasteiger partial charge in [-0.05, 0) is 37.5 Å². The predicted molar refractivity (Wildman–Crippen MR) is 87.4 cm³/mol.